The normalized spacial score (nSPS) is 14.5. The van der Waals surface area contributed by atoms with Crippen LogP contribution in [0, 0.1) is 17.7 Å². The SMILES string of the molecule is C[C@@H](C(=O)NCCCC#Cc1cnc(Nc2ccc(F)cc2)nc1N1CCN(C)CC1)N(C)C(=O)C=CCN(C)C. The van der Waals surface area contributed by atoms with Crippen molar-refractivity contribution in [2.75, 3.05) is 77.7 Å². The fraction of sp³-hybridized carbons (Fsp3) is 0.467. The monoisotopic (exact) mass is 564 g/mol. The summed E-state index contributed by atoms with van der Waals surface area (Å²) in [4.78, 5) is 41.8. The molecule has 0 radical (unpaired) electrons. The Balaban J connectivity index is 1.56. The van der Waals surface area contributed by atoms with Crippen LogP contribution < -0.4 is 15.5 Å². The summed E-state index contributed by atoms with van der Waals surface area (Å²) in [5.74, 6) is 6.86. The number of aromatic nitrogens is 2. The van der Waals surface area contributed by atoms with E-state index in [-0.39, 0.29) is 17.6 Å². The molecule has 2 amide bonds. The minimum atomic E-state index is -0.581. The number of rotatable bonds is 11. The summed E-state index contributed by atoms with van der Waals surface area (Å²) in [5.41, 5.74) is 1.43. The first-order valence-corrected chi connectivity index (χ1v) is 13.8. The largest absolute Gasteiger partial charge is 0.354 e. The first-order valence-electron chi connectivity index (χ1n) is 13.8. The van der Waals surface area contributed by atoms with E-state index in [0.717, 1.165) is 37.6 Å². The third kappa shape index (κ3) is 10.2. The van der Waals surface area contributed by atoms with Gasteiger partial charge in [0.05, 0.1) is 11.8 Å². The average molecular weight is 565 g/mol. The Kier molecular flexibility index (Phi) is 12.1. The van der Waals surface area contributed by atoms with Crippen molar-refractivity contribution >= 4 is 29.3 Å². The Morgan fingerprint density at radius 2 is 1.85 bits per heavy atom. The Bertz CT molecular complexity index is 1250. The van der Waals surface area contributed by atoms with Crippen LogP contribution in [0.25, 0.3) is 0 Å². The fourth-order valence-corrected chi connectivity index (χ4v) is 3.99. The van der Waals surface area contributed by atoms with E-state index >= 15 is 0 Å². The van der Waals surface area contributed by atoms with Crippen LogP contribution in [0.15, 0.2) is 42.6 Å². The molecule has 0 saturated carbocycles. The van der Waals surface area contributed by atoms with Gasteiger partial charge >= 0.3 is 0 Å². The quantitative estimate of drug-likeness (QED) is 0.244. The Morgan fingerprint density at radius 3 is 2.54 bits per heavy atom. The molecule has 220 valence electrons. The number of unbranched alkanes of at least 4 members (excludes halogenated alkanes) is 1. The third-order valence-corrected chi connectivity index (χ3v) is 6.71. The first kappa shape index (κ1) is 31.5. The molecule has 2 heterocycles. The second-order valence-corrected chi connectivity index (χ2v) is 10.3. The number of benzene rings is 1. The number of nitrogens with one attached hydrogen (secondary N) is 2. The number of amides is 2. The van der Waals surface area contributed by atoms with Crippen LogP contribution in [0.2, 0.25) is 0 Å². The number of hydrogen-bond donors (Lipinski definition) is 2. The molecular weight excluding hydrogens is 523 g/mol. The summed E-state index contributed by atoms with van der Waals surface area (Å²) in [6.45, 7) is 6.31. The van der Waals surface area contributed by atoms with E-state index in [9.17, 15) is 14.0 Å². The van der Waals surface area contributed by atoms with Gasteiger partial charge in [-0.1, -0.05) is 17.9 Å². The van der Waals surface area contributed by atoms with Gasteiger partial charge in [0.1, 0.15) is 17.7 Å². The van der Waals surface area contributed by atoms with Crippen LogP contribution in [0.5, 0.6) is 0 Å². The van der Waals surface area contributed by atoms with Gasteiger partial charge in [-0.05, 0) is 58.8 Å². The highest BCUT2D eigenvalue weighted by molar-refractivity contribution is 5.92. The van der Waals surface area contributed by atoms with Crippen molar-refractivity contribution in [3.63, 3.8) is 0 Å². The number of hydrogen-bond acceptors (Lipinski definition) is 8. The second kappa shape index (κ2) is 15.7. The van der Waals surface area contributed by atoms with E-state index in [4.69, 9.17) is 4.98 Å². The molecule has 0 unspecified atom stereocenters. The molecule has 1 saturated heterocycles. The van der Waals surface area contributed by atoms with Crippen molar-refractivity contribution in [2.24, 2.45) is 0 Å². The van der Waals surface area contributed by atoms with Crippen LogP contribution in [-0.2, 0) is 9.59 Å². The number of carbonyl (C=O) groups excluding carboxylic acids is 2. The first-order chi connectivity index (χ1) is 19.6. The molecule has 2 aromatic rings. The van der Waals surface area contributed by atoms with Crippen LogP contribution in [0.3, 0.4) is 0 Å². The van der Waals surface area contributed by atoms with Crippen LogP contribution in [-0.4, -0.2) is 110 Å². The van der Waals surface area contributed by atoms with E-state index in [1.54, 1.807) is 38.4 Å². The molecule has 0 bridgehead atoms. The molecular formula is C30H41FN8O2. The van der Waals surface area contributed by atoms with Gasteiger partial charge in [-0.25, -0.2) is 9.37 Å². The second-order valence-electron chi connectivity index (χ2n) is 10.3. The van der Waals surface area contributed by atoms with E-state index in [1.165, 1.54) is 23.1 Å². The summed E-state index contributed by atoms with van der Waals surface area (Å²) < 4.78 is 13.3. The third-order valence-electron chi connectivity index (χ3n) is 6.71. The minimum absolute atomic E-state index is 0.204. The molecule has 41 heavy (non-hydrogen) atoms. The number of piperazine rings is 1. The standard InChI is InChI=1S/C30H41FN8O2/c1-23(38(5)27(40)11-9-17-36(2)3)29(41)32-16-8-6-7-10-24-22-33-30(34-26-14-12-25(31)13-15-26)35-28(24)39-20-18-37(4)19-21-39/h9,11-15,22-23H,6,8,16-21H2,1-5H3,(H,32,41)(H,33,34,35)/t23-/m0/s1. The zero-order chi connectivity index (χ0) is 29.8. The molecule has 1 aromatic carbocycles. The lowest BCUT2D eigenvalue weighted by Crippen LogP contribution is -2.45. The number of carbonyl (C=O) groups is 2. The highest BCUT2D eigenvalue weighted by atomic mass is 19.1. The molecule has 1 aromatic heterocycles. The summed E-state index contributed by atoms with van der Waals surface area (Å²) in [7, 11) is 7.56. The summed E-state index contributed by atoms with van der Waals surface area (Å²) >= 11 is 0. The van der Waals surface area contributed by atoms with Gasteiger partial charge in [-0.15, -0.1) is 0 Å². The van der Waals surface area contributed by atoms with Gasteiger partial charge in [0.25, 0.3) is 0 Å². The topological polar surface area (TPSA) is 96.9 Å². The number of nitrogens with zero attached hydrogens (tertiary/aromatic N) is 6. The van der Waals surface area contributed by atoms with Crippen LogP contribution >= 0.6 is 0 Å². The predicted octanol–water partition coefficient (Wildman–Crippen LogP) is 2.32. The lowest BCUT2D eigenvalue weighted by Gasteiger charge is -2.33. The number of anilines is 3. The lowest BCUT2D eigenvalue weighted by atomic mass is 10.2. The van der Waals surface area contributed by atoms with E-state index in [1.807, 2.05) is 19.0 Å². The van der Waals surface area contributed by atoms with Gasteiger partial charge in [-0.3, -0.25) is 9.59 Å². The van der Waals surface area contributed by atoms with E-state index in [0.29, 0.717) is 37.6 Å². The van der Waals surface area contributed by atoms with Crippen molar-refractivity contribution in [3.05, 3.63) is 54.0 Å². The summed E-state index contributed by atoms with van der Waals surface area (Å²) in [6.07, 6.45) is 6.22. The Labute approximate surface area is 242 Å². The molecule has 1 fully saturated rings. The zero-order valence-corrected chi connectivity index (χ0v) is 24.7. The lowest BCUT2D eigenvalue weighted by molar-refractivity contribution is -0.135. The molecule has 0 aliphatic carbocycles. The Hall–Kier alpha value is -4.01. The molecule has 1 atom stereocenters. The number of likely N-dealkylation sites (N-methyl/N-ethyl adjacent to an activating group) is 3. The molecule has 1 aliphatic rings. The van der Waals surface area contributed by atoms with Crippen molar-refractivity contribution in [1.82, 2.24) is 30.0 Å². The number of halogens is 1. The highest BCUT2D eigenvalue weighted by Gasteiger charge is 2.21. The predicted molar refractivity (Wildman–Crippen MR) is 160 cm³/mol. The summed E-state index contributed by atoms with van der Waals surface area (Å²) in [5, 5.41) is 6.03. The van der Waals surface area contributed by atoms with Crippen LogP contribution in [0.4, 0.5) is 21.8 Å². The molecule has 11 heteroatoms. The smallest absolute Gasteiger partial charge is 0.246 e. The van der Waals surface area contributed by atoms with E-state index < -0.39 is 6.04 Å². The van der Waals surface area contributed by atoms with Crippen molar-refractivity contribution in [3.8, 4) is 11.8 Å². The summed E-state index contributed by atoms with van der Waals surface area (Å²) in [6, 6.07) is 5.47. The maximum atomic E-state index is 13.3. The van der Waals surface area contributed by atoms with Gasteiger partial charge in [0.15, 0.2) is 0 Å². The highest BCUT2D eigenvalue weighted by Crippen LogP contribution is 2.22. The maximum Gasteiger partial charge on any atom is 0.246 e. The minimum Gasteiger partial charge on any atom is -0.354 e. The molecule has 10 nitrogen and oxygen atoms in total. The average Bonchev–Trinajstić information content (AvgIpc) is 2.95. The van der Waals surface area contributed by atoms with Gasteiger partial charge < -0.3 is 30.2 Å². The van der Waals surface area contributed by atoms with Gasteiger partial charge in [0, 0.05) is 64.5 Å². The Morgan fingerprint density at radius 1 is 1.15 bits per heavy atom. The molecule has 0 spiro atoms. The van der Waals surface area contributed by atoms with Crippen molar-refractivity contribution in [2.45, 2.75) is 25.8 Å². The van der Waals surface area contributed by atoms with E-state index in [2.05, 4.69) is 44.3 Å². The molecule has 3 rings (SSSR count). The maximum absolute atomic E-state index is 13.3. The van der Waals surface area contributed by atoms with Gasteiger partial charge in [-0.2, -0.15) is 4.98 Å². The molecule has 1 aliphatic heterocycles. The fourth-order valence-electron chi connectivity index (χ4n) is 3.99. The van der Waals surface area contributed by atoms with Crippen molar-refractivity contribution in [1.29, 1.82) is 0 Å². The van der Waals surface area contributed by atoms with Gasteiger partial charge in [0.2, 0.25) is 17.8 Å². The van der Waals surface area contributed by atoms with Crippen LogP contribution in [0.1, 0.15) is 25.3 Å². The zero-order valence-electron chi connectivity index (χ0n) is 24.7. The molecule has 2 N–H and O–H groups in total. The van der Waals surface area contributed by atoms with Crippen molar-refractivity contribution < 1.29 is 14.0 Å².